The Kier molecular flexibility index (Phi) is 6.49. The molecule has 1 spiro atoms. The van der Waals surface area contributed by atoms with Crippen molar-refractivity contribution in [2.45, 2.75) is 83.1 Å². The number of unbranched alkanes of at least 4 members (excludes halogenated alkanes) is 1. The number of hydrogen-bond donors (Lipinski definition) is 3. The zero-order chi connectivity index (χ0) is 22.3. The standard InChI is InChI=1S/C22H37N3O5/c1-6-7-10-24-19(28)17-22-9-8-21(4,30-22)15(18(27)23-5)16(22)20(29)25(17)14(12-26)11-13(2)3/h13-17,26H,6-12H2,1-5H3,(H,23,27)(H,24,28)/t14-,15-,16+,17?,21+,22?/m1/s1. The molecule has 0 saturated carbocycles. The number of aliphatic hydroxyl groups excluding tert-OH is 1. The maximum absolute atomic E-state index is 13.7. The van der Waals surface area contributed by atoms with Crippen molar-refractivity contribution in [2.24, 2.45) is 17.8 Å². The van der Waals surface area contributed by atoms with Crippen LogP contribution in [-0.4, -0.2) is 71.2 Å². The molecule has 3 aliphatic rings. The second kappa shape index (κ2) is 8.46. The first-order valence-electron chi connectivity index (χ1n) is 11.3. The summed E-state index contributed by atoms with van der Waals surface area (Å²) in [5.41, 5.74) is -1.79. The summed E-state index contributed by atoms with van der Waals surface area (Å²) in [5, 5.41) is 15.8. The quantitative estimate of drug-likeness (QED) is 0.476. The Labute approximate surface area is 179 Å². The van der Waals surface area contributed by atoms with Crippen LogP contribution in [0.4, 0.5) is 0 Å². The number of aliphatic hydroxyl groups is 1. The van der Waals surface area contributed by atoms with Crippen LogP contribution in [0.1, 0.15) is 59.8 Å². The summed E-state index contributed by atoms with van der Waals surface area (Å²) in [6.45, 7) is 8.27. The maximum atomic E-state index is 13.7. The lowest BCUT2D eigenvalue weighted by Crippen LogP contribution is -2.58. The highest BCUT2D eigenvalue weighted by atomic mass is 16.5. The fraction of sp³-hybridized carbons (Fsp3) is 0.864. The number of likely N-dealkylation sites (tertiary alicyclic amines) is 1. The molecule has 0 aromatic carbocycles. The third-order valence-electron chi connectivity index (χ3n) is 7.17. The average molecular weight is 424 g/mol. The molecule has 3 saturated heterocycles. The van der Waals surface area contributed by atoms with Crippen molar-refractivity contribution in [1.29, 1.82) is 0 Å². The van der Waals surface area contributed by atoms with E-state index < -0.39 is 35.1 Å². The molecule has 3 heterocycles. The van der Waals surface area contributed by atoms with E-state index in [1.54, 1.807) is 11.9 Å². The molecule has 2 unspecified atom stereocenters. The monoisotopic (exact) mass is 423 g/mol. The molecule has 2 bridgehead atoms. The summed E-state index contributed by atoms with van der Waals surface area (Å²) in [6.07, 6.45) is 3.54. The molecule has 3 aliphatic heterocycles. The van der Waals surface area contributed by atoms with Crippen LogP contribution >= 0.6 is 0 Å². The zero-order valence-corrected chi connectivity index (χ0v) is 18.9. The summed E-state index contributed by atoms with van der Waals surface area (Å²) in [7, 11) is 1.56. The van der Waals surface area contributed by atoms with Crippen molar-refractivity contribution in [2.75, 3.05) is 20.2 Å². The van der Waals surface area contributed by atoms with E-state index in [-0.39, 0.29) is 30.2 Å². The molecule has 0 radical (unpaired) electrons. The summed E-state index contributed by atoms with van der Waals surface area (Å²) in [4.78, 5) is 41.5. The van der Waals surface area contributed by atoms with Crippen molar-refractivity contribution in [3.8, 4) is 0 Å². The van der Waals surface area contributed by atoms with Gasteiger partial charge in [0.25, 0.3) is 0 Å². The summed E-state index contributed by atoms with van der Waals surface area (Å²) >= 11 is 0. The molecule has 8 heteroatoms. The Hall–Kier alpha value is -1.67. The lowest BCUT2D eigenvalue weighted by Gasteiger charge is -2.37. The van der Waals surface area contributed by atoms with Gasteiger partial charge in [-0.1, -0.05) is 27.2 Å². The zero-order valence-electron chi connectivity index (χ0n) is 18.9. The highest BCUT2D eigenvalue weighted by molar-refractivity contribution is 5.99. The third kappa shape index (κ3) is 3.42. The minimum Gasteiger partial charge on any atom is -0.394 e. The van der Waals surface area contributed by atoms with Gasteiger partial charge in [-0.25, -0.2) is 0 Å². The van der Waals surface area contributed by atoms with Crippen LogP contribution in [0.5, 0.6) is 0 Å². The fourth-order valence-electron chi connectivity index (χ4n) is 5.92. The van der Waals surface area contributed by atoms with Gasteiger partial charge >= 0.3 is 0 Å². The minimum atomic E-state index is -1.02. The van der Waals surface area contributed by atoms with Gasteiger partial charge in [0.2, 0.25) is 17.7 Å². The van der Waals surface area contributed by atoms with Gasteiger partial charge in [-0.3, -0.25) is 14.4 Å². The van der Waals surface area contributed by atoms with E-state index in [9.17, 15) is 19.5 Å². The van der Waals surface area contributed by atoms with Crippen LogP contribution in [-0.2, 0) is 19.1 Å². The molecule has 0 aromatic rings. The van der Waals surface area contributed by atoms with E-state index in [0.717, 1.165) is 12.8 Å². The highest BCUT2D eigenvalue weighted by Gasteiger charge is 2.78. The Morgan fingerprint density at radius 1 is 1.30 bits per heavy atom. The SMILES string of the molecule is CCCCNC(=O)C1N([C@@H](CO)CC(C)C)C(=O)[C@@H]2[C@H](C(=O)NC)[C@]3(C)CCC12O3. The van der Waals surface area contributed by atoms with Gasteiger partial charge in [-0.05, 0) is 38.5 Å². The summed E-state index contributed by atoms with van der Waals surface area (Å²) in [5.74, 6) is -1.84. The van der Waals surface area contributed by atoms with E-state index in [4.69, 9.17) is 4.74 Å². The Balaban J connectivity index is 2.04. The van der Waals surface area contributed by atoms with E-state index >= 15 is 0 Å². The number of nitrogens with zero attached hydrogens (tertiary/aromatic N) is 1. The van der Waals surface area contributed by atoms with Gasteiger partial charge in [-0.15, -0.1) is 0 Å². The molecule has 3 amide bonds. The van der Waals surface area contributed by atoms with Crippen LogP contribution in [0.15, 0.2) is 0 Å². The average Bonchev–Trinajstić information content (AvgIpc) is 3.26. The van der Waals surface area contributed by atoms with Crippen molar-refractivity contribution in [3.05, 3.63) is 0 Å². The number of ether oxygens (including phenoxy) is 1. The molecule has 3 fully saturated rings. The van der Waals surface area contributed by atoms with Crippen molar-refractivity contribution >= 4 is 17.7 Å². The first-order valence-corrected chi connectivity index (χ1v) is 11.3. The van der Waals surface area contributed by atoms with E-state index in [1.165, 1.54) is 0 Å². The van der Waals surface area contributed by atoms with Gasteiger partial charge in [-0.2, -0.15) is 0 Å². The number of carbonyl (C=O) groups excluding carboxylic acids is 3. The molecular weight excluding hydrogens is 386 g/mol. The van der Waals surface area contributed by atoms with Crippen molar-refractivity contribution < 1.29 is 24.2 Å². The Morgan fingerprint density at radius 3 is 2.57 bits per heavy atom. The molecule has 0 aromatic heterocycles. The molecular formula is C22H37N3O5. The third-order valence-corrected chi connectivity index (χ3v) is 7.17. The molecule has 0 aliphatic carbocycles. The van der Waals surface area contributed by atoms with Crippen LogP contribution in [0.25, 0.3) is 0 Å². The normalized spacial score (nSPS) is 35.6. The predicted octanol–water partition coefficient (Wildman–Crippen LogP) is 0.820. The maximum Gasteiger partial charge on any atom is 0.245 e. The lowest BCUT2D eigenvalue weighted by atomic mass is 9.66. The second-order valence-corrected chi connectivity index (χ2v) is 9.70. The van der Waals surface area contributed by atoms with Gasteiger partial charge in [0.15, 0.2) is 0 Å². The number of amides is 3. The summed E-state index contributed by atoms with van der Waals surface area (Å²) < 4.78 is 6.48. The second-order valence-electron chi connectivity index (χ2n) is 9.70. The smallest absolute Gasteiger partial charge is 0.245 e. The molecule has 30 heavy (non-hydrogen) atoms. The van der Waals surface area contributed by atoms with Crippen LogP contribution in [0.2, 0.25) is 0 Å². The molecule has 3 rings (SSSR count). The van der Waals surface area contributed by atoms with Crippen LogP contribution < -0.4 is 10.6 Å². The van der Waals surface area contributed by atoms with E-state index in [1.807, 2.05) is 27.7 Å². The van der Waals surface area contributed by atoms with E-state index in [2.05, 4.69) is 10.6 Å². The fourth-order valence-corrected chi connectivity index (χ4v) is 5.92. The minimum absolute atomic E-state index is 0.228. The van der Waals surface area contributed by atoms with Crippen LogP contribution in [0, 0.1) is 17.8 Å². The largest absolute Gasteiger partial charge is 0.394 e. The van der Waals surface area contributed by atoms with Crippen molar-refractivity contribution in [1.82, 2.24) is 15.5 Å². The predicted molar refractivity (Wildman–Crippen MR) is 111 cm³/mol. The van der Waals surface area contributed by atoms with Gasteiger partial charge in [0.05, 0.1) is 30.1 Å². The Morgan fingerprint density at radius 2 is 2.00 bits per heavy atom. The van der Waals surface area contributed by atoms with Gasteiger partial charge in [0, 0.05) is 13.6 Å². The topological polar surface area (TPSA) is 108 Å². The first-order chi connectivity index (χ1) is 14.2. The molecule has 6 atom stereocenters. The number of nitrogens with one attached hydrogen (secondary N) is 2. The molecule has 8 nitrogen and oxygen atoms in total. The van der Waals surface area contributed by atoms with Crippen molar-refractivity contribution in [3.63, 3.8) is 0 Å². The van der Waals surface area contributed by atoms with Crippen LogP contribution in [0.3, 0.4) is 0 Å². The van der Waals surface area contributed by atoms with Gasteiger partial charge in [0.1, 0.15) is 11.6 Å². The lowest BCUT2D eigenvalue weighted by molar-refractivity contribution is -0.150. The number of carbonyl (C=O) groups is 3. The Bertz CT molecular complexity index is 698. The number of fused-ring (bicyclic) bond motifs is 1. The summed E-state index contributed by atoms with van der Waals surface area (Å²) in [6, 6.07) is -1.32. The van der Waals surface area contributed by atoms with Gasteiger partial charge < -0.3 is 25.4 Å². The molecule has 3 N–H and O–H groups in total. The highest BCUT2D eigenvalue weighted by Crippen LogP contribution is 2.63. The molecule has 170 valence electrons. The van der Waals surface area contributed by atoms with E-state index in [0.29, 0.717) is 25.8 Å². The number of hydrogen-bond acceptors (Lipinski definition) is 5. The first kappa shape index (κ1) is 23.0. The number of rotatable bonds is 9.